The number of Topliss-reactive ketones (excluding diaryl/α,β-unsaturated/α-hetero) is 3. The van der Waals surface area contributed by atoms with Crippen LogP contribution in [0.3, 0.4) is 0 Å². The first kappa shape index (κ1) is 21.7. The van der Waals surface area contributed by atoms with E-state index < -0.39 is 0 Å². The molecule has 5 rings (SSSR count). The van der Waals surface area contributed by atoms with Crippen LogP contribution < -0.4 is 5.32 Å². The zero-order valence-electron chi connectivity index (χ0n) is 18.0. The predicted octanol–water partition coefficient (Wildman–Crippen LogP) is 5.28. The van der Waals surface area contributed by atoms with Crippen LogP contribution in [0.25, 0.3) is 10.9 Å². The van der Waals surface area contributed by atoms with E-state index in [1.807, 2.05) is 42.5 Å². The highest BCUT2D eigenvalue weighted by Crippen LogP contribution is 2.27. The number of rotatable bonds is 6. The highest BCUT2D eigenvalue weighted by atomic mass is 35.5. The molecule has 1 N–H and O–H groups in total. The number of carbonyl (C=O) groups excluding carboxylic acids is 3. The van der Waals surface area contributed by atoms with Gasteiger partial charge in [-0.15, -0.1) is 0 Å². The second-order valence-electron chi connectivity index (χ2n) is 8.08. The molecular formula is C28H19ClN2O3. The Morgan fingerprint density at radius 1 is 0.824 bits per heavy atom. The maximum absolute atomic E-state index is 12.8. The van der Waals surface area contributed by atoms with Gasteiger partial charge in [-0.05, 0) is 23.3 Å². The van der Waals surface area contributed by atoms with Gasteiger partial charge in [0.1, 0.15) is 10.7 Å². The van der Waals surface area contributed by atoms with Gasteiger partial charge in [-0.25, -0.2) is 0 Å². The van der Waals surface area contributed by atoms with Crippen molar-refractivity contribution in [3.05, 3.63) is 124 Å². The minimum atomic E-state index is -0.372. The third-order valence-corrected chi connectivity index (χ3v) is 6.18. The normalized spacial score (nSPS) is 13.2. The van der Waals surface area contributed by atoms with Gasteiger partial charge < -0.3 is 5.32 Å². The summed E-state index contributed by atoms with van der Waals surface area (Å²) in [6, 6.07) is 23.5. The van der Waals surface area contributed by atoms with E-state index in [-0.39, 0.29) is 41.0 Å². The standard InChI is InChI=1S/C28H19ClN2O3/c29-25-26(28(34)22-7-3-2-6-21(22)27(25)33)31-15-17-9-11-19(12-10-17)24(32)14-18-13-20-5-1-4-8-23(20)30-16-18/h1-13,16,31H,14-15H2. The molecule has 0 saturated heterocycles. The van der Waals surface area contributed by atoms with Crippen molar-refractivity contribution in [2.75, 3.05) is 0 Å². The molecule has 0 bridgehead atoms. The first-order valence-corrected chi connectivity index (χ1v) is 11.2. The highest BCUT2D eigenvalue weighted by Gasteiger charge is 2.30. The van der Waals surface area contributed by atoms with E-state index >= 15 is 0 Å². The van der Waals surface area contributed by atoms with Crippen LogP contribution in [-0.2, 0) is 13.0 Å². The zero-order valence-corrected chi connectivity index (χ0v) is 18.8. The van der Waals surface area contributed by atoms with Crippen molar-refractivity contribution in [3.8, 4) is 0 Å². The fourth-order valence-corrected chi connectivity index (χ4v) is 4.26. The van der Waals surface area contributed by atoms with Gasteiger partial charge in [0.25, 0.3) is 0 Å². The molecule has 0 atom stereocenters. The Morgan fingerprint density at radius 3 is 2.26 bits per heavy atom. The summed E-state index contributed by atoms with van der Waals surface area (Å²) in [5.41, 5.74) is 3.93. The average Bonchev–Trinajstić information content (AvgIpc) is 2.87. The molecule has 0 spiro atoms. The number of ketones is 3. The van der Waals surface area contributed by atoms with Crippen LogP contribution in [0, 0.1) is 0 Å². The summed E-state index contributed by atoms with van der Waals surface area (Å²) in [5, 5.41) is 3.89. The Hall–Kier alpha value is -4.09. The molecule has 0 radical (unpaired) electrons. The number of hydrogen-bond donors (Lipinski definition) is 1. The minimum Gasteiger partial charge on any atom is -0.376 e. The number of nitrogens with zero attached hydrogens (tertiary/aromatic N) is 1. The van der Waals surface area contributed by atoms with Crippen molar-refractivity contribution in [2.24, 2.45) is 0 Å². The molecule has 0 saturated carbocycles. The van der Waals surface area contributed by atoms with Crippen molar-refractivity contribution >= 4 is 39.9 Å². The largest absolute Gasteiger partial charge is 0.376 e. The number of aromatic nitrogens is 1. The van der Waals surface area contributed by atoms with Crippen LogP contribution in [0.5, 0.6) is 0 Å². The summed E-state index contributed by atoms with van der Waals surface area (Å²) >= 11 is 6.20. The molecule has 0 unspecified atom stereocenters. The molecule has 4 aromatic rings. The van der Waals surface area contributed by atoms with Crippen molar-refractivity contribution < 1.29 is 14.4 Å². The van der Waals surface area contributed by atoms with Gasteiger partial charge in [0.2, 0.25) is 11.6 Å². The lowest BCUT2D eigenvalue weighted by Crippen LogP contribution is -2.28. The molecule has 1 heterocycles. The molecule has 1 aromatic heterocycles. The molecule has 0 amide bonds. The quantitative estimate of drug-likeness (QED) is 0.391. The summed E-state index contributed by atoms with van der Waals surface area (Å²) in [6.07, 6.45) is 1.99. The van der Waals surface area contributed by atoms with E-state index in [9.17, 15) is 14.4 Å². The van der Waals surface area contributed by atoms with Gasteiger partial charge in [-0.2, -0.15) is 0 Å². The van der Waals surface area contributed by atoms with E-state index in [4.69, 9.17) is 11.6 Å². The second-order valence-corrected chi connectivity index (χ2v) is 8.46. The summed E-state index contributed by atoms with van der Waals surface area (Å²) < 4.78 is 0. The Bertz CT molecular complexity index is 1490. The number of allylic oxidation sites excluding steroid dienone is 2. The van der Waals surface area contributed by atoms with E-state index in [2.05, 4.69) is 10.3 Å². The van der Waals surface area contributed by atoms with Gasteiger partial charge in [-0.3, -0.25) is 19.4 Å². The summed E-state index contributed by atoms with van der Waals surface area (Å²) in [4.78, 5) is 42.5. The molecule has 1 aliphatic carbocycles. The third-order valence-electron chi connectivity index (χ3n) is 5.82. The predicted molar refractivity (Wildman–Crippen MR) is 131 cm³/mol. The Kier molecular flexibility index (Phi) is 5.78. The Morgan fingerprint density at radius 2 is 1.50 bits per heavy atom. The summed E-state index contributed by atoms with van der Waals surface area (Å²) in [6.45, 7) is 0.288. The van der Waals surface area contributed by atoms with Gasteiger partial charge in [0, 0.05) is 41.2 Å². The molecule has 166 valence electrons. The smallest absolute Gasteiger partial charge is 0.211 e. The van der Waals surface area contributed by atoms with Crippen LogP contribution in [0.15, 0.2) is 95.8 Å². The zero-order chi connectivity index (χ0) is 23.7. The Balaban J connectivity index is 1.26. The van der Waals surface area contributed by atoms with Crippen LogP contribution in [0.1, 0.15) is 42.2 Å². The number of nitrogens with one attached hydrogen (secondary N) is 1. The first-order chi connectivity index (χ1) is 16.5. The Labute approximate surface area is 201 Å². The molecule has 6 heteroatoms. The SMILES string of the molecule is O=C(Cc1cnc2ccccc2c1)c1ccc(CNC2=C(Cl)C(=O)c3ccccc3C2=O)cc1. The molecule has 0 aliphatic heterocycles. The van der Waals surface area contributed by atoms with Crippen molar-refractivity contribution in [3.63, 3.8) is 0 Å². The second kappa shape index (κ2) is 9.04. The molecule has 34 heavy (non-hydrogen) atoms. The lowest BCUT2D eigenvalue weighted by molar-refractivity contribution is 0.0974. The van der Waals surface area contributed by atoms with Gasteiger partial charge >= 0.3 is 0 Å². The van der Waals surface area contributed by atoms with Gasteiger partial charge in [0.05, 0.1) is 5.52 Å². The van der Waals surface area contributed by atoms with Crippen molar-refractivity contribution in [2.45, 2.75) is 13.0 Å². The summed E-state index contributed by atoms with van der Waals surface area (Å²) in [7, 11) is 0. The maximum Gasteiger partial charge on any atom is 0.211 e. The average molecular weight is 467 g/mol. The van der Waals surface area contributed by atoms with E-state index in [0.717, 1.165) is 22.0 Å². The number of fused-ring (bicyclic) bond motifs is 2. The maximum atomic E-state index is 12.8. The topological polar surface area (TPSA) is 76.1 Å². The minimum absolute atomic E-state index is 0.00740. The molecule has 1 aliphatic rings. The van der Waals surface area contributed by atoms with Crippen LogP contribution in [0.4, 0.5) is 0 Å². The van der Waals surface area contributed by atoms with Crippen molar-refractivity contribution in [1.29, 1.82) is 0 Å². The van der Waals surface area contributed by atoms with E-state index in [1.165, 1.54) is 0 Å². The lowest BCUT2D eigenvalue weighted by atomic mass is 9.92. The number of carbonyl (C=O) groups is 3. The van der Waals surface area contributed by atoms with Crippen LogP contribution in [0.2, 0.25) is 0 Å². The molecule has 3 aromatic carbocycles. The number of benzene rings is 3. The number of halogens is 1. The lowest BCUT2D eigenvalue weighted by Gasteiger charge is -2.19. The third kappa shape index (κ3) is 4.14. The first-order valence-electron chi connectivity index (χ1n) is 10.8. The van der Waals surface area contributed by atoms with Crippen LogP contribution >= 0.6 is 11.6 Å². The molecule has 0 fully saturated rings. The molecule has 5 nitrogen and oxygen atoms in total. The monoisotopic (exact) mass is 466 g/mol. The van der Waals surface area contributed by atoms with Gasteiger partial charge in [-0.1, -0.05) is 78.3 Å². The highest BCUT2D eigenvalue weighted by molar-refractivity contribution is 6.49. The van der Waals surface area contributed by atoms with E-state index in [0.29, 0.717) is 16.7 Å². The fourth-order valence-electron chi connectivity index (χ4n) is 4.00. The number of hydrogen-bond acceptors (Lipinski definition) is 5. The van der Waals surface area contributed by atoms with Gasteiger partial charge in [0.15, 0.2) is 5.78 Å². The van der Waals surface area contributed by atoms with E-state index in [1.54, 1.807) is 42.6 Å². The number of para-hydroxylation sites is 1. The summed E-state index contributed by atoms with van der Waals surface area (Å²) in [5.74, 6) is -0.688. The van der Waals surface area contributed by atoms with Crippen molar-refractivity contribution in [1.82, 2.24) is 10.3 Å². The fraction of sp³-hybridized carbons (Fsp3) is 0.0714. The number of pyridine rings is 1. The molecular weight excluding hydrogens is 448 g/mol. The van der Waals surface area contributed by atoms with Crippen LogP contribution in [-0.4, -0.2) is 22.3 Å².